The lowest BCUT2D eigenvalue weighted by atomic mass is 10.1. The summed E-state index contributed by atoms with van der Waals surface area (Å²) in [7, 11) is 1.64. The summed E-state index contributed by atoms with van der Waals surface area (Å²) in [6.07, 6.45) is 0.682. The van der Waals surface area contributed by atoms with Gasteiger partial charge in [-0.05, 0) is 20.3 Å². The van der Waals surface area contributed by atoms with E-state index in [2.05, 4.69) is 0 Å². The minimum Gasteiger partial charge on any atom is -0.313 e. The summed E-state index contributed by atoms with van der Waals surface area (Å²) < 4.78 is 0. The average molecular weight is 183 g/mol. The van der Waals surface area contributed by atoms with Crippen molar-refractivity contribution < 1.29 is 9.59 Å². The van der Waals surface area contributed by atoms with E-state index in [1.807, 2.05) is 6.92 Å². The molecule has 0 spiro atoms. The lowest BCUT2D eigenvalue weighted by molar-refractivity contribution is -0.130. The van der Waals surface area contributed by atoms with E-state index >= 15 is 0 Å². The van der Waals surface area contributed by atoms with Crippen LogP contribution in [0.5, 0.6) is 0 Å². The zero-order valence-corrected chi connectivity index (χ0v) is 8.50. The van der Waals surface area contributed by atoms with Gasteiger partial charge in [-0.2, -0.15) is 0 Å². The summed E-state index contributed by atoms with van der Waals surface area (Å²) in [6.45, 7) is 7.01. The predicted molar refractivity (Wildman–Crippen MR) is 48.7 cm³/mol. The normalized spacial score (nSPS) is 21.5. The Morgan fingerprint density at radius 3 is 2.23 bits per heavy atom. The van der Waals surface area contributed by atoms with Crippen molar-refractivity contribution in [1.29, 1.82) is 0 Å². The van der Waals surface area contributed by atoms with Gasteiger partial charge in [0.1, 0.15) is 5.54 Å². The number of likely N-dealkylation sites (N-methyl/N-ethyl adjacent to an activating group) is 1. The van der Waals surface area contributed by atoms with E-state index < -0.39 is 5.54 Å². The van der Waals surface area contributed by atoms with Crippen molar-refractivity contribution in [2.75, 3.05) is 7.05 Å². The minimum absolute atomic E-state index is 0.151. The van der Waals surface area contributed by atoms with Crippen LogP contribution in [0.25, 0.3) is 0 Å². The highest BCUT2D eigenvalue weighted by molar-refractivity contribution is 6.06. The van der Waals surface area contributed by atoms with Crippen molar-refractivity contribution in [2.45, 2.75) is 32.7 Å². The molecule has 0 aromatic carbocycles. The molecule has 1 heterocycles. The Balaban J connectivity index is 2.92. The third kappa shape index (κ3) is 1.30. The SMILES string of the molecule is CC[CH]N1C(=O)N(C)C(C)(C)C1=O. The molecule has 0 saturated carbocycles. The summed E-state index contributed by atoms with van der Waals surface area (Å²) >= 11 is 0. The van der Waals surface area contributed by atoms with Gasteiger partial charge in [-0.1, -0.05) is 6.92 Å². The Hall–Kier alpha value is -1.06. The van der Waals surface area contributed by atoms with E-state index in [9.17, 15) is 9.59 Å². The number of amides is 3. The van der Waals surface area contributed by atoms with Gasteiger partial charge in [-0.3, -0.25) is 9.69 Å². The van der Waals surface area contributed by atoms with Gasteiger partial charge in [0.25, 0.3) is 5.91 Å². The van der Waals surface area contributed by atoms with Crippen LogP contribution in [0, 0.1) is 6.54 Å². The molecule has 1 fully saturated rings. The molecule has 4 nitrogen and oxygen atoms in total. The molecule has 0 atom stereocenters. The first-order chi connectivity index (χ1) is 5.92. The molecule has 1 aliphatic rings. The van der Waals surface area contributed by atoms with Crippen LogP contribution in [0.1, 0.15) is 27.2 Å². The smallest absolute Gasteiger partial charge is 0.313 e. The molecule has 0 bridgehead atoms. The van der Waals surface area contributed by atoms with E-state index in [1.54, 1.807) is 27.4 Å². The van der Waals surface area contributed by atoms with Crippen LogP contribution in [0.4, 0.5) is 4.79 Å². The number of hydrogen-bond acceptors (Lipinski definition) is 2. The summed E-state index contributed by atoms with van der Waals surface area (Å²) in [5.74, 6) is -0.151. The summed E-state index contributed by atoms with van der Waals surface area (Å²) in [5, 5.41) is 0. The number of carbonyl (C=O) groups excluding carboxylic acids is 2. The van der Waals surface area contributed by atoms with Crippen LogP contribution in [0.15, 0.2) is 0 Å². The Bertz CT molecular complexity index is 248. The Labute approximate surface area is 78.5 Å². The predicted octanol–water partition coefficient (Wildman–Crippen LogP) is 1.23. The molecule has 1 rings (SSSR count). The van der Waals surface area contributed by atoms with Crippen LogP contribution in [-0.4, -0.2) is 34.3 Å². The van der Waals surface area contributed by atoms with E-state index in [0.29, 0.717) is 6.42 Å². The van der Waals surface area contributed by atoms with Crippen molar-refractivity contribution in [3.63, 3.8) is 0 Å². The molecule has 0 N–H and O–H groups in total. The third-order valence-corrected chi connectivity index (χ3v) is 2.44. The van der Waals surface area contributed by atoms with Crippen LogP contribution in [0.3, 0.4) is 0 Å². The van der Waals surface area contributed by atoms with Gasteiger partial charge in [0.2, 0.25) is 0 Å². The molecular weight excluding hydrogens is 168 g/mol. The maximum absolute atomic E-state index is 11.7. The number of carbonyl (C=O) groups is 2. The topological polar surface area (TPSA) is 40.6 Å². The molecule has 3 amide bonds. The maximum Gasteiger partial charge on any atom is 0.327 e. The van der Waals surface area contributed by atoms with Crippen molar-refractivity contribution in [3.05, 3.63) is 6.54 Å². The van der Waals surface area contributed by atoms with Crippen LogP contribution < -0.4 is 0 Å². The highest BCUT2D eigenvalue weighted by atomic mass is 16.2. The first-order valence-electron chi connectivity index (χ1n) is 4.37. The minimum atomic E-state index is -0.706. The molecule has 1 saturated heterocycles. The van der Waals surface area contributed by atoms with Crippen molar-refractivity contribution in [3.8, 4) is 0 Å². The monoisotopic (exact) mass is 183 g/mol. The number of imide groups is 1. The average Bonchev–Trinajstić information content (AvgIpc) is 2.21. The van der Waals surface area contributed by atoms with Crippen LogP contribution in [0.2, 0.25) is 0 Å². The van der Waals surface area contributed by atoms with E-state index in [1.165, 1.54) is 9.80 Å². The van der Waals surface area contributed by atoms with Gasteiger partial charge in [0, 0.05) is 7.05 Å². The second kappa shape index (κ2) is 3.01. The molecule has 13 heavy (non-hydrogen) atoms. The molecule has 1 radical (unpaired) electrons. The van der Waals surface area contributed by atoms with Gasteiger partial charge in [-0.15, -0.1) is 0 Å². The van der Waals surface area contributed by atoms with E-state index in [4.69, 9.17) is 0 Å². The zero-order chi connectivity index (χ0) is 10.2. The van der Waals surface area contributed by atoms with Gasteiger partial charge in [0.15, 0.2) is 0 Å². The number of nitrogens with zero attached hydrogens (tertiary/aromatic N) is 2. The highest BCUT2D eigenvalue weighted by Crippen LogP contribution is 2.26. The first kappa shape index (κ1) is 10.0. The Kier molecular flexibility index (Phi) is 2.32. The van der Waals surface area contributed by atoms with Gasteiger partial charge in [-0.25, -0.2) is 4.79 Å². The maximum atomic E-state index is 11.7. The molecule has 0 aromatic heterocycles. The second-order valence-electron chi connectivity index (χ2n) is 3.67. The first-order valence-corrected chi connectivity index (χ1v) is 4.37. The summed E-state index contributed by atoms with van der Waals surface area (Å²) in [5.41, 5.74) is -0.706. The van der Waals surface area contributed by atoms with Crippen molar-refractivity contribution in [1.82, 2.24) is 9.80 Å². The van der Waals surface area contributed by atoms with E-state index in [0.717, 1.165) is 0 Å². The largest absolute Gasteiger partial charge is 0.327 e. The molecule has 0 unspecified atom stereocenters. The highest BCUT2D eigenvalue weighted by Gasteiger charge is 2.48. The second-order valence-corrected chi connectivity index (χ2v) is 3.67. The van der Waals surface area contributed by atoms with E-state index in [-0.39, 0.29) is 11.9 Å². The van der Waals surface area contributed by atoms with Crippen molar-refractivity contribution in [2.24, 2.45) is 0 Å². The number of hydrogen-bond donors (Lipinski definition) is 0. The lowest BCUT2D eigenvalue weighted by Gasteiger charge is -2.22. The number of urea groups is 1. The third-order valence-electron chi connectivity index (χ3n) is 2.44. The molecule has 73 valence electrons. The van der Waals surface area contributed by atoms with Crippen LogP contribution in [-0.2, 0) is 4.79 Å². The molecule has 0 aromatic rings. The van der Waals surface area contributed by atoms with Crippen LogP contribution >= 0.6 is 0 Å². The van der Waals surface area contributed by atoms with Gasteiger partial charge < -0.3 is 4.90 Å². The quantitative estimate of drug-likeness (QED) is 0.604. The Morgan fingerprint density at radius 1 is 1.38 bits per heavy atom. The fourth-order valence-corrected chi connectivity index (χ4v) is 1.27. The molecular formula is C9H15N2O2. The molecule has 0 aliphatic carbocycles. The Morgan fingerprint density at radius 2 is 1.92 bits per heavy atom. The van der Waals surface area contributed by atoms with Gasteiger partial charge in [0.05, 0.1) is 6.54 Å². The fraction of sp³-hybridized carbons (Fsp3) is 0.667. The zero-order valence-electron chi connectivity index (χ0n) is 8.50. The molecule has 1 aliphatic heterocycles. The lowest BCUT2D eigenvalue weighted by Crippen LogP contribution is -2.41. The number of rotatable bonds is 2. The fourth-order valence-electron chi connectivity index (χ4n) is 1.27. The summed E-state index contributed by atoms with van der Waals surface area (Å²) in [6, 6.07) is -0.239. The standard InChI is InChI=1S/C9H15N2O2/c1-5-6-11-7(12)9(2,3)10(4)8(11)13/h6H,5H2,1-4H3. The van der Waals surface area contributed by atoms with Gasteiger partial charge >= 0.3 is 6.03 Å². The molecule has 4 heteroatoms. The van der Waals surface area contributed by atoms with Crippen molar-refractivity contribution >= 4 is 11.9 Å². The summed E-state index contributed by atoms with van der Waals surface area (Å²) in [4.78, 5) is 25.8.